The summed E-state index contributed by atoms with van der Waals surface area (Å²) in [6.07, 6.45) is -0.944. The maximum absolute atomic E-state index is 11.8. The molecule has 2 aliphatic rings. The van der Waals surface area contributed by atoms with Crippen molar-refractivity contribution in [2.24, 2.45) is 0 Å². The van der Waals surface area contributed by atoms with Crippen LogP contribution < -0.4 is 9.64 Å². The van der Waals surface area contributed by atoms with Crippen LogP contribution in [0.3, 0.4) is 0 Å². The van der Waals surface area contributed by atoms with E-state index in [1.807, 2.05) is 12.1 Å². The Morgan fingerprint density at radius 2 is 2.35 bits per heavy atom. The fourth-order valence-corrected chi connectivity index (χ4v) is 2.50. The van der Waals surface area contributed by atoms with Crippen molar-refractivity contribution in [2.45, 2.75) is 12.1 Å². The first-order chi connectivity index (χ1) is 8.20. The molecule has 1 fully saturated rings. The summed E-state index contributed by atoms with van der Waals surface area (Å²) < 4.78 is 11.6. The zero-order valence-corrected chi connectivity index (χ0v) is 10.4. The number of carbonyl (C=O) groups is 1. The minimum atomic E-state index is -0.515. The van der Waals surface area contributed by atoms with E-state index in [2.05, 4.69) is 15.9 Å². The third-order valence-corrected chi connectivity index (χ3v) is 3.47. The Morgan fingerprint density at radius 3 is 3.12 bits per heavy atom. The summed E-state index contributed by atoms with van der Waals surface area (Å²) in [4.78, 5) is 13.3. The van der Waals surface area contributed by atoms with Crippen molar-refractivity contribution < 1.29 is 19.4 Å². The molecule has 1 unspecified atom stereocenters. The van der Waals surface area contributed by atoms with Crippen LogP contribution >= 0.6 is 15.9 Å². The summed E-state index contributed by atoms with van der Waals surface area (Å²) >= 11 is 3.35. The smallest absolute Gasteiger partial charge is 0.415 e. The van der Waals surface area contributed by atoms with Crippen molar-refractivity contribution in [3.63, 3.8) is 0 Å². The van der Waals surface area contributed by atoms with Gasteiger partial charge in [0.05, 0.1) is 12.3 Å². The number of benzene rings is 1. The summed E-state index contributed by atoms with van der Waals surface area (Å²) in [7, 11) is 0. The number of amides is 1. The second kappa shape index (κ2) is 3.89. The number of rotatable bonds is 1. The Kier molecular flexibility index (Phi) is 2.48. The highest BCUT2D eigenvalue weighted by Crippen LogP contribution is 2.39. The minimum absolute atomic E-state index is 0.192. The zero-order chi connectivity index (χ0) is 12.0. The van der Waals surface area contributed by atoms with Gasteiger partial charge in [0.2, 0.25) is 0 Å². The van der Waals surface area contributed by atoms with E-state index in [0.29, 0.717) is 18.0 Å². The topological polar surface area (TPSA) is 59.0 Å². The van der Waals surface area contributed by atoms with Crippen molar-refractivity contribution in [2.75, 3.05) is 18.1 Å². The van der Waals surface area contributed by atoms with Gasteiger partial charge in [-0.1, -0.05) is 15.9 Å². The Bertz CT molecular complexity index is 479. The predicted molar refractivity (Wildman–Crippen MR) is 63.3 cm³/mol. The monoisotopic (exact) mass is 299 g/mol. The van der Waals surface area contributed by atoms with Crippen molar-refractivity contribution in [3.8, 4) is 5.75 Å². The molecule has 0 aromatic heterocycles. The molecule has 1 N–H and O–H groups in total. The van der Waals surface area contributed by atoms with Crippen LogP contribution in [-0.4, -0.2) is 36.6 Å². The first kappa shape index (κ1) is 10.9. The van der Waals surface area contributed by atoms with Gasteiger partial charge < -0.3 is 14.6 Å². The first-order valence-electron chi connectivity index (χ1n) is 5.24. The molecule has 0 spiro atoms. The summed E-state index contributed by atoms with van der Waals surface area (Å²) in [5, 5.41) is 9.15. The number of aliphatic hydroxyl groups excluding tert-OH is 1. The van der Waals surface area contributed by atoms with Crippen LogP contribution in [0.15, 0.2) is 22.7 Å². The first-order valence-corrected chi connectivity index (χ1v) is 6.03. The molecule has 2 heterocycles. The highest BCUT2D eigenvalue weighted by Gasteiger charge is 2.46. The van der Waals surface area contributed by atoms with E-state index < -0.39 is 12.2 Å². The Balaban J connectivity index is 2.04. The largest absolute Gasteiger partial charge is 0.489 e. The molecular weight excluding hydrogens is 290 g/mol. The van der Waals surface area contributed by atoms with Crippen molar-refractivity contribution in [1.82, 2.24) is 0 Å². The highest BCUT2D eigenvalue weighted by molar-refractivity contribution is 9.10. The van der Waals surface area contributed by atoms with E-state index in [4.69, 9.17) is 14.6 Å². The third kappa shape index (κ3) is 1.59. The molecule has 6 heteroatoms. The second-order valence-corrected chi connectivity index (χ2v) is 4.88. The van der Waals surface area contributed by atoms with E-state index in [9.17, 15) is 4.79 Å². The molecule has 5 nitrogen and oxygen atoms in total. The quantitative estimate of drug-likeness (QED) is 0.854. The molecule has 1 aromatic rings. The van der Waals surface area contributed by atoms with Gasteiger partial charge in [-0.3, -0.25) is 4.90 Å². The van der Waals surface area contributed by atoms with E-state index in [-0.39, 0.29) is 12.6 Å². The molecule has 2 atom stereocenters. The number of hydrogen-bond acceptors (Lipinski definition) is 4. The lowest BCUT2D eigenvalue weighted by molar-refractivity contribution is 0.0734. The molecule has 0 saturated carbocycles. The number of nitrogens with zero attached hydrogens (tertiary/aromatic N) is 1. The van der Waals surface area contributed by atoms with Gasteiger partial charge in [-0.2, -0.15) is 0 Å². The van der Waals surface area contributed by atoms with Gasteiger partial charge in [0.15, 0.2) is 6.10 Å². The summed E-state index contributed by atoms with van der Waals surface area (Å²) in [5.74, 6) is 0.645. The summed E-state index contributed by atoms with van der Waals surface area (Å²) in [6.45, 7) is 0.141. The van der Waals surface area contributed by atoms with Crippen LogP contribution in [0.4, 0.5) is 10.5 Å². The second-order valence-electron chi connectivity index (χ2n) is 3.97. The molecule has 1 aromatic carbocycles. The molecule has 0 bridgehead atoms. The summed E-state index contributed by atoms with van der Waals surface area (Å²) in [6, 6.07) is 5.20. The van der Waals surface area contributed by atoms with Crippen molar-refractivity contribution in [3.05, 3.63) is 22.7 Å². The lowest BCUT2D eigenvalue weighted by Crippen LogP contribution is -2.45. The summed E-state index contributed by atoms with van der Waals surface area (Å²) in [5.41, 5.74) is 0.686. The van der Waals surface area contributed by atoms with Crippen LogP contribution in [0, 0.1) is 0 Å². The Morgan fingerprint density at radius 1 is 1.53 bits per heavy atom. The van der Waals surface area contributed by atoms with Gasteiger partial charge in [-0.05, 0) is 18.2 Å². The average molecular weight is 300 g/mol. The lowest BCUT2D eigenvalue weighted by atomic mass is 10.1. The number of aliphatic hydroxyl groups is 1. The molecule has 0 aliphatic carbocycles. The van der Waals surface area contributed by atoms with Gasteiger partial charge in [0, 0.05) is 4.47 Å². The van der Waals surface area contributed by atoms with Crippen molar-refractivity contribution >= 4 is 27.7 Å². The van der Waals surface area contributed by atoms with E-state index >= 15 is 0 Å². The number of cyclic esters (lactones) is 1. The van der Waals surface area contributed by atoms with Gasteiger partial charge >= 0.3 is 6.09 Å². The third-order valence-electron chi connectivity index (χ3n) is 2.98. The van der Waals surface area contributed by atoms with E-state index in [0.717, 1.165) is 4.47 Å². The number of anilines is 1. The number of halogens is 1. The number of carbonyl (C=O) groups excluding carboxylic acids is 1. The van der Waals surface area contributed by atoms with Crippen LogP contribution in [0.5, 0.6) is 5.75 Å². The Labute approximate surface area is 106 Å². The number of fused-ring (bicyclic) bond motifs is 3. The minimum Gasteiger partial charge on any atom is -0.489 e. The fourth-order valence-electron chi connectivity index (χ4n) is 2.16. The SMILES string of the molecule is O=C1O[C@H](CO)C2COc3cc(Br)ccc3N12. The molecule has 17 heavy (non-hydrogen) atoms. The molecule has 0 radical (unpaired) electrons. The maximum atomic E-state index is 11.8. The molecular formula is C11H10BrNO4. The molecule has 3 rings (SSSR count). The molecule has 1 amide bonds. The number of hydrogen-bond donors (Lipinski definition) is 1. The molecule has 90 valence electrons. The molecule has 1 saturated heterocycles. The molecule has 2 aliphatic heterocycles. The van der Waals surface area contributed by atoms with E-state index in [1.165, 1.54) is 0 Å². The van der Waals surface area contributed by atoms with E-state index in [1.54, 1.807) is 11.0 Å². The van der Waals surface area contributed by atoms with Crippen LogP contribution in [0.1, 0.15) is 0 Å². The Hall–Kier alpha value is -1.27. The van der Waals surface area contributed by atoms with Gasteiger partial charge in [0.25, 0.3) is 0 Å². The van der Waals surface area contributed by atoms with Gasteiger partial charge in [0.1, 0.15) is 18.4 Å². The average Bonchev–Trinajstić information content (AvgIpc) is 2.66. The van der Waals surface area contributed by atoms with Crippen molar-refractivity contribution in [1.29, 1.82) is 0 Å². The zero-order valence-electron chi connectivity index (χ0n) is 8.80. The standard InChI is InChI=1S/C11H10BrNO4/c12-6-1-2-7-9(3-6)16-5-8-10(4-14)17-11(15)13(7)8/h1-3,8,10,14H,4-5H2/t8?,10-/m1/s1. The fraction of sp³-hybridized carbons (Fsp3) is 0.364. The van der Waals surface area contributed by atoms with Gasteiger partial charge in [-0.15, -0.1) is 0 Å². The number of ether oxygens (including phenoxy) is 2. The normalized spacial score (nSPS) is 26.0. The van der Waals surface area contributed by atoms with Crippen LogP contribution in [0.2, 0.25) is 0 Å². The van der Waals surface area contributed by atoms with Crippen LogP contribution in [0.25, 0.3) is 0 Å². The lowest BCUT2D eigenvalue weighted by Gasteiger charge is -2.30. The van der Waals surface area contributed by atoms with Gasteiger partial charge in [-0.25, -0.2) is 4.79 Å². The predicted octanol–water partition coefficient (Wildman–Crippen LogP) is 1.53. The maximum Gasteiger partial charge on any atom is 0.415 e. The van der Waals surface area contributed by atoms with Crippen LogP contribution in [-0.2, 0) is 4.74 Å². The highest BCUT2D eigenvalue weighted by atomic mass is 79.9.